The Balaban J connectivity index is 2.66. The van der Waals surface area contributed by atoms with Crippen LogP contribution in [0.25, 0.3) is 0 Å². The van der Waals surface area contributed by atoms with E-state index in [-0.39, 0.29) is 17.9 Å². The Hall–Kier alpha value is -1.32. The Kier molecular flexibility index (Phi) is 5.89. The Bertz CT molecular complexity index is 336. The lowest BCUT2D eigenvalue weighted by molar-refractivity contribution is -0.151. The summed E-state index contributed by atoms with van der Waals surface area (Å²) in [6.07, 6.45) is 5.18. The lowest BCUT2D eigenvalue weighted by Gasteiger charge is -2.22. The maximum atomic E-state index is 12.1. The fourth-order valence-corrected chi connectivity index (χ4v) is 2.27. The molecule has 1 amide bonds. The van der Waals surface area contributed by atoms with Crippen molar-refractivity contribution in [1.29, 1.82) is 0 Å². The summed E-state index contributed by atoms with van der Waals surface area (Å²) in [5, 5.41) is 0. The van der Waals surface area contributed by atoms with Crippen LogP contribution in [0.5, 0.6) is 0 Å². The zero-order valence-corrected chi connectivity index (χ0v) is 11.6. The van der Waals surface area contributed by atoms with E-state index in [1.165, 1.54) is 0 Å². The molecule has 0 aromatic rings. The van der Waals surface area contributed by atoms with E-state index in [1.807, 2.05) is 6.92 Å². The fraction of sp³-hybridized carbons (Fsp3) is 0.714. The van der Waals surface area contributed by atoms with Crippen molar-refractivity contribution in [2.45, 2.75) is 52.5 Å². The van der Waals surface area contributed by atoms with Crippen LogP contribution in [-0.4, -0.2) is 36.0 Å². The van der Waals surface area contributed by atoms with Crippen LogP contribution in [0.15, 0.2) is 11.6 Å². The highest BCUT2D eigenvalue weighted by Gasteiger charge is 2.34. The molecule has 1 heterocycles. The van der Waals surface area contributed by atoms with Gasteiger partial charge in [0.25, 0.3) is 0 Å². The van der Waals surface area contributed by atoms with Gasteiger partial charge in [-0.3, -0.25) is 4.79 Å². The molecule has 0 bridgehead atoms. The molecule has 0 N–H and O–H groups in total. The van der Waals surface area contributed by atoms with Gasteiger partial charge in [-0.1, -0.05) is 18.9 Å². The van der Waals surface area contributed by atoms with E-state index in [9.17, 15) is 9.59 Å². The molecule has 1 aliphatic heterocycles. The van der Waals surface area contributed by atoms with Gasteiger partial charge in [-0.25, -0.2) is 4.79 Å². The van der Waals surface area contributed by atoms with Crippen molar-refractivity contribution in [1.82, 2.24) is 4.90 Å². The summed E-state index contributed by atoms with van der Waals surface area (Å²) in [7, 11) is 0. The molecule has 1 fully saturated rings. The summed E-state index contributed by atoms with van der Waals surface area (Å²) in [5.74, 6) is -0.332. The summed E-state index contributed by atoms with van der Waals surface area (Å²) in [5.41, 5.74) is 1.07. The SMILES string of the molecule is CCC/C(C)=C/C(=O)N1CCCC1C(=O)OCC. The molecule has 0 radical (unpaired) electrons. The van der Waals surface area contributed by atoms with Crippen molar-refractivity contribution in [3.63, 3.8) is 0 Å². The number of likely N-dealkylation sites (tertiary alicyclic amines) is 1. The number of hydrogen-bond donors (Lipinski definition) is 0. The Labute approximate surface area is 109 Å². The largest absolute Gasteiger partial charge is 0.464 e. The predicted molar refractivity (Wildman–Crippen MR) is 70.0 cm³/mol. The van der Waals surface area contributed by atoms with Gasteiger partial charge >= 0.3 is 5.97 Å². The number of carbonyl (C=O) groups excluding carboxylic acids is 2. The van der Waals surface area contributed by atoms with Gasteiger partial charge in [-0.15, -0.1) is 0 Å². The van der Waals surface area contributed by atoms with Crippen LogP contribution in [0.3, 0.4) is 0 Å². The van der Waals surface area contributed by atoms with Crippen LogP contribution in [0, 0.1) is 0 Å². The summed E-state index contributed by atoms with van der Waals surface area (Å²) in [6, 6.07) is -0.386. The number of carbonyl (C=O) groups is 2. The van der Waals surface area contributed by atoms with E-state index in [0.717, 1.165) is 24.8 Å². The topological polar surface area (TPSA) is 46.6 Å². The average molecular weight is 253 g/mol. The summed E-state index contributed by atoms with van der Waals surface area (Å²) in [4.78, 5) is 25.5. The Morgan fingerprint density at radius 3 is 2.72 bits per heavy atom. The number of amides is 1. The molecule has 0 saturated carbocycles. The van der Waals surface area contributed by atoms with Crippen LogP contribution in [-0.2, 0) is 14.3 Å². The quantitative estimate of drug-likeness (QED) is 0.558. The van der Waals surface area contributed by atoms with Gasteiger partial charge in [0, 0.05) is 12.6 Å². The number of ether oxygens (including phenoxy) is 1. The minimum absolute atomic E-state index is 0.0588. The maximum Gasteiger partial charge on any atom is 0.328 e. The van der Waals surface area contributed by atoms with Crippen LogP contribution < -0.4 is 0 Å². The van der Waals surface area contributed by atoms with E-state index in [1.54, 1.807) is 17.9 Å². The van der Waals surface area contributed by atoms with E-state index in [2.05, 4.69) is 6.92 Å². The monoisotopic (exact) mass is 253 g/mol. The number of nitrogens with zero attached hydrogens (tertiary/aromatic N) is 1. The number of allylic oxidation sites excluding steroid dienone is 1. The third-order valence-corrected chi connectivity index (χ3v) is 3.11. The highest BCUT2D eigenvalue weighted by Crippen LogP contribution is 2.19. The van der Waals surface area contributed by atoms with Crippen molar-refractivity contribution in [3.05, 3.63) is 11.6 Å². The fourth-order valence-electron chi connectivity index (χ4n) is 2.27. The van der Waals surface area contributed by atoms with Crippen LogP contribution in [0.4, 0.5) is 0 Å². The molecular weight excluding hydrogens is 230 g/mol. The second-order valence-corrected chi connectivity index (χ2v) is 4.68. The van der Waals surface area contributed by atoms with Crippen LogP contribution >= 0.6 is 0 Å². The summed E-state index contributed by atoms with van der Waals surface area (Å²) < 4.78 is 5.01. The lowest BCUT2D eigenvalue weighted by Crippen LogP contribution is -2.40. The van der Waals surface area contributed by atoms with Crippen molar-refractivity contribution in [2.24, 2.45) is 0 Å². The molecule has 1 atom stereocenters. The predicted octanol–water partition coefficient (Wildman–Crippen LogP) is 2.29. The van der Waals surface area contributed by atoms with Crippen LogP contribution in [0.1, 0.15) is 46.5 Å². The van der Waals surface area contributed by atoms with Crippen molar-refractivity contribution in [3.8, 4) is 0 Å². The molecule has 0 aromatic heterocycles. The molecule has 0 aliphatic carbocycles. The third-order valence-electron chi connectivity index (χ3n) is 3.11. The smallest absolute Gasteiger partial charge is 0.328 e. The van der Waals surface area contributed by atoms with Crippen molar-refractivity contribution >= 4 is 11.9 Å². The molecule has 0 spiro atoms. The van der Waals surface area contributed by atoms with Gasteiger partial charge < -0.3 is 9.64 Å². The molecule has 1 aliphatic rings. The first-order valence-corrected chi connectivity index (χ1v) is 6.74. The zero-order valence-electron chi connectivity index (χ0n) is 11.6. The molecule has 102 valence electrons. The maximum absolute atomic E-state index is 12.1. The number of hydrogen-bond acceptors (Lipinski definition) is 3. The molecule has 1 rings (SSSR count). The first-order chi connectivity index (χ1) is 8.60. The normalized spacial score (nSPS) is 20.1. The summed E-state index contributed by atoms with van der Waals surface area (Å²) in [6.45, 7) is 6.83. The molecule has 0 aromatic carbocycles. The third kappa shape index (κ3) is 3.86. The minimum Gasteiger partial charge on any atom is -0.464 e. The van der Waals surface area contributed by atoms with Gasteiger partial charge in [-0.05, 0) is 33.1 Å². The molecule has 1 unspecified atom stereocenters. The van der Waals surface area contributed by atoms with Gasteiger partial charge in [0.15, 0.2) is 0 Å². The second-order valence-electron chi connectivity index (χ2n) is 4.68. The Morgan fingerprint density at radius 2 is 2.11 bits per heavy atom. The lowest BCUT2D eigenvalue weighted by atomic mass is 10.1. The van der Waals surface area contributed by atoms with Gasteiger partial charge in [0.1, 0.15) is 6.04 Å². The zero-order chi connectivity index (χ0) is 13.5. The van der Waals surface area contributed by atoms with E-state index in [4.69, 9.17) is 4.74 Å². The first-order valence-electron chi connectivity index (χ1n) is 6.74. The van der Waals surface area contributed by atoms with Gasteiger partial charge in [-0.2, -0.15) is 0 Å². The second kappa shape index (κ2) is 7.19. The van der Waals surface area contributed by atoms with Crippen molar-refractivity contribution in [2.75, 3.05) is 13.2 Å². The van der Waals surface area contributed by atoms with Crippen LogP contribution in [0.2, 0.25) is 0 Å². The van der Waals surface area contributed by atoms with Gasteiger partial charge in [0.2, 0.25) is 5.91 Å². The standard InChI is InChI=1S/C14H23NO3/c1-4-7-11(3)10-13(16)15-9-6-8-12(15)14(17)18-5-2/h10,12H,4-9H2,1-3H3/b11-10+. The minimum atomic E-state index is -0.386. The first kappa shape index (κ1) is 14.7. The average Bonchev–Trinajstić information content (AvgIpc) is 2.78. The highest BCUT2D eigenvalue weighted by atomic mass is 16.5. The molecule has 4 nitrogen and oxygen atoms in total. The molecule has 18 heavy (non-hydrogen) atoms. The van der Waals surface area contributed by atoms with E-state index < -0.39 is 0 Å². The number of rotatable bonds is 5. The van der Waals surface area contributed by atoms with Gasteiger partial charge in [0.05, 0.1) is 6.61 Å². The van der Waals surface area contributed by atoms with E-state index >= 15 is 0 Å². The highest BCUT2D eigenvalue weighted by molar-refractivity contribution is 5.92. The van der Waals surface area contributed by atoms with E-state index in [0.29, 0.717) is 19.6 Å². The Morgan fingerprint density at radius 1 is 1.39 bits per heavy atom. The summed E-state index contributed by atoms with van der Waals surface area (Å²) >= 11 is 0. The van der Waals surface area contributed by atoms with Crippen molar-refractivity contribution < 1.29 is 14.3 Å². The number of esters is 1. The molecule has 1 saturated heterocycles. The molecule has 4 heteroatoms. The molecular formula is C14H23NO3.